The molecule has 2 aromatic rings. The molecule has 2 rings (SSSR count). The van der Waals surface area contributed by atoms with Gasteiger partial charge in [0.15, 0.2) is 0 Å². The largest absolute Gasteiger partial charge is 0.309 e. The molecule has 1 unspecified atom stereocenters. The van der Waals surface area contributed by atoms with Gasteiger partial charge < -0.3 is 5.32 Å². The molecule has 0 saturated carbocycles. The van der Waals surface area contributed by atoms with Crippen LogP contribution >= 0.6 is 22.7 Å². The lowest BCUT2D eigenvalue weighted by molar-refractivity contribution is 0.577. The number of aryl methyl sites for hydroxylation is 2. The molecule has 2 aromatic heterocycles. The van der Waals surface area contributed by atoms with Gasteiger partial charge in [0.2, 0.25) is 0 Å². The second-order valence-electron chi connectivity index (χ2n) is 4.57. The minimum atomic E-state index is 0.399. The lowest BCUT2D eigenvalue weighted by Crippen LogP contribution is -2.18. The summed E-state index contributed by atoms with van der Waals surface area (Å²) in [6.45, 7) is 9.78. The van der Waals surface area contributed by atoms with Crippen LogP contribution in [0, 0.1) is 13.8 Å². The number of hydrogen-bond donors (Lipinski definition) is 1. The summed E-state index contributed by atoms with van der Waals surface area (Å²) >= 11 is 3.65. The van der Waals surface area contributed by atoms with Crippen molar-refractivity contribution in [2.75, 3.05) is 6.54 Å². The molecular formula is C14H20N2S2. The average Bonchev–Trinajstić information content (AvgIpc) is 2.92. The normalized spacial score (nSPS) is 12.9. The van der Waals surface area contributed by atoms with E-state index in [1.807, 2.05) is 17.5 Å². The summed E-state index contributed by atoms with van der Waals surface area (Å²) in [7, 11) is 0. The van der Waals surface area contributed by atoms with Gasteiger partial charge in [0.05, 0.1) is 0 Å². The van der Waals surface area contributed by atoms with E-state index in [0.29, 0.717) is 6.04 Å². The van der Waals surface area contributed by atoms with E-state index in [2.05, 4.69) is 44.1 Å². The maximum atomic E-state index is 4.57. The molecule has 0 saturated heterocycles. The van der Waals surface area contributed by atoms with Crippen LogP contribution in [0.2, 0.25) is 0 Å². The first kappa shape index (κ1) is 13.7. The SMILES string of the molecule is CCCNC(C)c1cnc(-c2cc(C)sc2C)s1. The molecule has 2 heterocycles. The molecular weight excluding hydrogens is 260 g/mol. The molecule has 0 spiro atoms. The molecule has 0 fully saturated rings. The Bertz CT molecular complexity index is 514. The number of hydrogen-bond acceptors (Lipinski definition) is 4. The summed E-state index contributed by atoms with van der Waals surface area (Å²) in [6, 6.07) is 2.64. The molecule has 4 heteroatoms. The molecule has 0 aliphatic carbocycles. The molecule has 0 radical (unpaired) electrons. The molecule has 0 bridgehead atoms. The van der Waals surface area contributed by atoms with Gasteiger partial charge in [-0.25, -0.2) is 4.98 Å². The lowest BCUT2D eigenvalue weighted by atomic mass is 10.2. The van der Waals surface area contributed by atoms with E-state index in [4.69, 9.17) is 0 Å². The van der Waals surface area contributed by atoms with Crippen LogP contribution in [0.4, 0.5) is 0 Å². The number of rotatable bonds is 5. The minimum absolute atomic E-state index is 0.399. The van der Waals surface area contributed by atoms with Gasteiger partial charge in [0.25, 0.3) is 0 Å². The first-order chi connectivity index (χ1) is 8.61. The van der Waals surface area contributed by atoms with Gasteiger partial charge in [0.1, 0.15) is 5.01 Å². The van der Waals surface area contributed by atoms with Gasteiger partial charge >= 0.3 is 0 Å². The van der Waals surface area contributed by atoms with Crippen molar-refractivity contribution in [1.82, 2.24) is 10.3 Å². The number of thiazole rings is 1. The third-order valence-corrected chi connectivity index (χ3v) is 5.10. The molecule has 98 valence electrons. The predicted molar refractivity (Wildman–Crippen MR) is 81.6 cm³/mol. The molecule has 0 aromatic carbocycles. The van der Waals surface area contributed by atoms with Crippen molar-refractivity contribution in [2.45, 2.75) is 40.2 Å². The summed E-state index contributed by atoms with van der Waals surface area (Å²) in [5.41, 5.74) is 1.30. The predicted octanol–water partition coefficient (Wildman–Crippen LogP) is 4.55. The lowest BCUT2D eigenvalue weighted by Gasteiger charge is -2.09. The Hall–Kier alpha value is -0.710. The summed E-state index contributed by atoms with van der Waals surface area (Å²) in [4.78, 5) is 8.62. The Labute approximate surface area is 117 Å². The van der Waals surface area contributed by atoms with E-state index in [0.717, 1.165) is 11.6 Å². The summed E-state index contributed by atoms with van der Waals surface area (Å²) < 4.78 is 0. The van der Waals surface area contributed by atoms with Crippen molar-refractivity contribution in [1.29, 1.82) is 0 Å². The van der Waals surface area contributed by atoms with E-state index in [1.165, 1.54) is 26.6 Å². The summed E-state index contributed by atoms with van der Waals surface area (Å²) in [5, 5.41) is 4.66. The zero-order valence-corrected chi connectivity index (χ0v) is 13.0. The van der Waals surface area contributed by atoms with Gasteiger partial charge in [-0.2, -0.15) is 0 Å². The van der Waals surface area contributed by atoms with Crippen molar-refractivity contribution >= 4 is 22.7 Å². The smallest absolute Gasteiger partial charge is 0.124 e. The molecule has 2 nitrogen and oxygen atoms in total. The number of thiophene rings is 1. The maximum Gasteiger partial charge on any atom is 0.124 e. The van der Waals surface area contributed by atoms with Crippen molar-refractivity contribution in [3.8, 4) is 10.6 Å². The van der Waals surface area contributed by atoms with Gasteiger partial charge in [-0.1, -0.05) is 6.92 Å². The number of nitrogens with zero attached hydrogens (tertiary/aromatic N) is 1. The molecule has 0 aliphatic heterocycles. The highest BCUT2D eigenvalue weighted by molar-refractivity contribution is 7.16. The summed E-state index contributed by atoms with van der Waals surface area (Å²) in [5.74, 6) is 0. The minimum Gasteiger partial charge on any atom is -0.309 e. The monoisotopic (exact) mass is 280 g/mol. The molecule has 0 aliphatic rings. The van der Waals surface area contributed by atoms with E-state index < -0.39 is 0 Å². The van der Waals surface area contributed by atoms with Crippen LogP contribution in [-0.2, 0) is 0 Å². The second-order valence-corrected chi connectivity index (χ2v) is 7.09. The third-order valence-electron chi connectivity index (χ3n) is 2.92. The van der Waals surface area contributed by atoms with Crippen LogP contribution in [-0.4, -0.2) is 11.5 Å². The van der Waals surface area contributed by atoms with Crippen molar-refractivity contribution in [3.63, 3.8) is 0 Å². The van der Waals surface area contributed by atoms with Crippen LogP contribution in [0.5, 0.6) is 0 Å². The van der Waals surface area contributed by atoms with Crippen molar-refractivity contribution in [2.24, 2.45) is 0 Å². The highest BCUT2D eigenvalue weighted by atomic mass is 32.1. The van der Waals surface area contributed by atoms with Crippen LogP contribution in [0.25, 0.3) is 10.6 Å². The Kier molecular flexibility index (Phi) is 4.54. The highest BCUT2D eigenvalue weighted by Crippen LogP contribution is 2.34. The zero-order chi connectivity index (χ0) is 13.1. The van der Waals surface area contributed by atoms with Crippen LogP contribution < -0.4 is 5.32 Å². The number of aromatic nitrogens is 1. The van der Waals surface area contributed by atoms with Gasteiger partial charge in [0, 0.05) is 32.4 Å². The second kappa shape index (κ2) is 5.95. The maximum absolute atomic E-state index is 4.57. The Balaban J connectivity index is 2.17. The van der Waals surface area contributed by atoms with E-state index >= 15 is 0 Å². The third kappa shape index (κ3) is 2.99. The fourth-order valence-electron chi connectivity index (χ4n) is 1.92. The highest BCUT2D eigenvalue weighted by Gasteiger charge is 2.13. The topological polar surface area (TPSA) is 24.9 Å². The van der Waals surface area contributed by atoms with Crippen LogP contribution in [0.3, 0.4) is 0 Å². The Morgan fingerprint density at radius 3 is 2.72 bits per heavy atom. The van der Waals surface area contributed by atoms with Gasteiger partial charge in [-0.05, 0) is 39.8 Å². The standard InChI is InChI=1S/C14H20N2S2/c1-5-6-15-10(3)13-8-16-14(18-13)12-7-9(2)17-11(12)4/h7-8,10,15H,5-6H2,1-4H3. The molecule has 18 heavy (non-hydrogen) atoms. The fourth-order valence-corrected chi connectivity index (χ4v) is 3.92. The van der Waals surface area contributed by atoms with Crippen LogP contribution in [0.1, 0.15) is 40.9 Å². The quantitative estimate of drug-likeness (QED) is 0.869. The van der Waals surface area contributed by atoms with Crippen LogP contribution in [0.15, 0.2) is 12.3 Å². The molecule has 1 atom stereocenters. The summed E-state index contributed by atoms with van der Waals surface area (Å²) in [6.07, 6.45) is 3.18. The van der Waals surface area contributed by atoms with Crippen molar-refractivity contribution < 1.29 is 0 Å². The average molecular weight is 280 g/mol. The van der Waals surface area contributed by atoms with Crippen molar-refractivity contribution in [3.05, 3.63) is 26.9 Å². The fraction of sp³-hybridized carbons (Fsp3) is 0.500. The van der Waals surface area contributed by atoms with E-state index in [-0.39, 0.29) is 0 Å². The zero-order valence-electron chi connectivity index (χ0n) is 11.4. The Morgan fingerprint density at radius 1 is 1.33 bits per heavy atom. The van der Waals surface area contributed by atoms with E-state index in [9.17, 15) is 0 Å². The molecule has 0 amide bonds. The van der Waals surface area contributed by atoms with E-state index in [1.54, 1.807) is 11.3 Å². The Morgan fingerprint density at radius 2 is 2.11 bits per heavy atom. The van der Waals surface area contributed by atoms with Gasteiger partial charge in [-0.15, -0.1) is 22.7 Å². The number of nitrogens with one attached hydrogen (secondary N) is 1. The molecule has 1 N–H and O–H groups in total. The first-order valence-electron chi connectivity index (χ1n) is 6.38. The first-order valence-corrected chi connectivity index (χ1v) is 8.01. The van der Waals surface area contributed by atoms with Gasteiger partial charge in [-0.3, -0.25) is 0 Å².